The van der Waals surface area contributed by atoms with Gasteiger partial charge in [-0.2, -0.15) is 0 Å². The second-order valence-corrected chi connectivity index (χ2v) is 6.36. The molecule has 8 nitrogen and oxygen atoms in total. The molecule has 1 aliphatic heterocycles. The molecule has 0 atom stereocenters. The highest BCUT2D eigenvalue weighted by molar-refractivity contribution is 5.97. The molecular formula is C18H22N6O2. The van der Waals surface area contributed by atoms with Crippen LogP contribution < -0.4 is 10.2 Å². The summed E-state index contributed by atoms with van der Waals surface area (Å²) in [6.45, 7) is 3.65. The predicted octanol–water partition coefficient (Wildman–Crippen LogP) is 1.11. The van der Waals surface area contributed by atoms with Gasteiger partial charge in [0.2, 0.25) is 5.95 Å². The molecule has 26 heavy (non-hydrogen) atoms. The molecule has 2 aromatic heterocycles. The van der Waals surface area contributed by atoms with E-state index in [0.717, 1.165) is 42.2 Å². The van der Waals surface area contributed by atoms with Crippen LogP contribution in [0.5, 0.6) is 0 Å². The first-order chi connectivity index (χ1) is 12.7. The molecule has 1 aliphatic rings. The number of ether oxygens (including phenoxy) is 1. The van der Waals surface area contributed by atoms with Gasteiger partial charge < -0.3 is 24.5 Å². The first-order valence-electron chi connectivity index (χ1n) is 8.77. The molecule has 136 valence electrons. The van der Waals surface area contributed by atoms with Gasteiger partial charge in [0.1, 0.15) is 0 Å². The molecule has 1 saturated heterocycles. The number of aryl methyl sites for hydroxylation is 1. The van der Waals surface area contributed by atoms with Crippen molar-refractivity contribution >= 4 is 22.9 Å². The van der Waals surface area contributed by atoms with Crippen molar-refractivity contribution in [2.24, 2.45) is 7.05 Å². The molecule has 0 spiro atoms. The lowest BCUT2D eigenvalue weighted by atomic mass is 10.2. The summed E-state index contributed by atoms with van der Waals surface area (Å²) in [5.41, 5.74) is 3.46. The number of aromatic nitrogens is 4. The van der Waals surface area contributed by atoms with Gasteiger partial charge in [-0.25, -0.2) is 9.97 Å². The van der Waals surface area contributed by atoms with Crippen molar-refractivity contribution in [1.29, 1.82) is 0 Å². The summed E-state index contributed by atoms with van der Waals surface area (Å²) in [6, 6.07) is 5.65. The summed E-state index contributed by atoms with van der Waals surface area (Å²) in [7, 11) is 2.00. The number of carbonyl (C=O) groups excluding carboxylic acids is 1. The molecule has 0 aliphatic carbocycles. The normalized spacial score (nSPS) is 14.7. The number of hydrogen-bond donors (Lipinski definition) is 2. The quantitative estimate of drug-likeness (QED) is 0.716. The number of aromatic amines is 1. The molecular weight excluding hydrogens is 332 g/mol. The zero-order valence-corrected chi connectivity index (χ0v) is 14.7. The summed E-state index contributed by atoms with van der Waals surface area (Å²) in [5.74, 6) is 0.824. The Bertz CT molecular complexity index is 896. The van der Waals surface area contributed by atoms with E-state index in [0.29, 0.717) is 25.3 Å². The van der Waals surface area contributed by atoms with Gasteiger partial charge in [-0.1, -0.05) is 0 Å². The third-order valence-corrected chi connectivity index (χ3v) is 4.65. The third kappa shape index (κ3) is 3.28. The van der Waals surface area contributed by atoms with Crippen molar-refractivity contribution < 1.29 is 9.53 Å². The number of nitrogens with zero attached hydrogens (tertiary/aromatic N) is 4. The molecule has 0 unspecified atom stereocenters. The minimum absolute atomic E-state index is 0.0926. The molecule has 0 bridgehead atoms. The summed E-state index contributed by atoms with van der Waals surface area (Å²) in [6.07, 6.45) is 4.12. The van der Waals surface area contributed by atoms with E-state index in [9.17, 15) is 4.79 Å². The van der Waals surface area contributed by atoms with Gasteiger partial charge in [0.25, 0.3) is 5.91 Å². The molecule has 3 aromatic rings. The second-order valence-electron chi connectivity index (χ2n) is 6.36. The SMILES string of the molecule is Cn1c(N2CCOCC2)nc2cc(C(=O)NCCc3cnc[nH]3)ccc21. The van der Waals surface area contributed by atoms with Gasteiger partial charge in [-0.05, 0) is 18.2 Å². The lowest BCUT2D eigenvalue weighted by molar-refractivity contribution is 0.0954. The van der Waals surface area contributed by atoms with E-state index in [2.05, 4.69) is 24.8 Å². The number of anilines is 1. The smallest absolute Gasteiger partial charge is 0.251 e. The maximum Gasteiger partial charge on any atom is 0.251 e. The Balaban J connectivity index is 1.48. The van der Waals surface area contributed by atoms with Gasteiger partial charge in [0.15, 0.2) is 0 Å². The Morgan fingerprint density at radius 3 is 2.96 bits per heavy atom. The van der Waals surface area contributed by atoms with Crippen molar-refractivity contribution in [3.05, 3.63) is 42.0 Å². The maximum absolute atomic E-state index is 12.4. The van der Waals surface area contributed by atoms with Crippen LogP contribution in [0.3, 0.4) is 0 Å². The topological polar surface area (TPSA) is 88.1 Å². The molecule has 1 aromatic carbocycles. The highest BCUT2D eigenvalue weighted by Gasteiger charge is 2.18. The van der Waals surface area contributed by atoms with Crippen molar-refractivity contribution in [3.8, 4) is 0 Å². The summed E-state index contributed by atoms with van der Waals surface area (Å²) in [4.78, 5) is 26.4. The number of fused-ring (bicyclic) bond motifs is 1. The van der Waals surface area contributed by atoms with Crippen LogP contribution in [-0.4, -0.2) is 58.3 Å². The Hall–Kier alpha value is -2.87. The van der Waals surface area contributed by atoms with Gasteiger partial charge in [0.05, 0.1) is 30.6 Å². The Morgan fingerprint density at radius 2 is 2.19 bits per heavy atom. The molecule has 0 radical (unpaired) electrons. The van der Waals surface area contributed by atoms with Crippen molar-refractivity contribution in [2.45, 2.75) is 6.42 Å². The Labute approximate surface area is 151 Å². The Kier molecular flexibility index (Phi) is 4.57. The lowest BCUT2D eigenvalue weighted by Gasteiger charge is -2.27. The first-order valence-corrected chi connectivity index (χ1v) is 8.77. The average Bonchev–Trinajstić information content (AvgIpc) is 3.30. The van der Waals surface area contributed by atoms with E-state index < -0.39 is 0 Å². The molecule has 8 heteroatoms. The minimum atomic E-state index is -0.0926. The molecule has 1 fully saturated rings. The number of imidazole rings is 2. The molecule has 2 N–H and O–H groups in total. The molecule has 0 saturated carbocycles. The number of rotatable bonds is 5. The van der Waals surface area contributed by atoms with Crippen LogP contribution in [0.15, 0.2) is 30.7 Å². The number of morpholine rings is 1. The number of amides is 1. The van der Waals surface area contributed by atoms with Gasteiger partial charge >= 0.3 is 0 Å². The second kappa shape index (κ2) is 7.17. The fourth-order valence-electron chi connectivity index (χ4n) is 3.21. The third-order valence-electron chi connectivity index (χ3n) is 4.65. The lowest BCUT2D eigenvalue weighted by Crippen LogP contribution is -2.37. The van der Waals surface area contributed by atoms with Crippen LogP contribution in [0.2, 0.25) is 0 Å². The predicted molar refractivity (Wildman–Crippen MR) is 98.4 cm³/mol. The fourth-order valence-corrected chi connectivity index (χ4v) is 3.21. The average molecular weight is 354 g/mol. The maximum atomic E-state index is 12.4. The summed E-state index contributed by atoms with van der Waals surface area (Å²) < 4.78 is 7.48. The first kappa shape index (κ1) is 16.6. The van der Waals surface area contributed by atoms with E-state index >= 15 is 0 Å². The summed E-state index contributed by atoms with van der Waals surface area (Å²) in [5, 5.41) is 2.94. The number of carbonyl (C=O) groups is 1. The van der Waals surface area contributed by atoms with E-state index in [1.807, 2.05) is 25.2 Å². The van der Waals surface area contributed by atoms with Crippen LogP contribution in [0.1, 0.15) is 16.1 Å². The molecule has 1 amide bonds. The van der Waals surface area contributed by atoms with Gasteiger partial charge in [-0.3, -0.25) is 4.79 Å². The van der Waals surface area contributed by atoms with Gasteiger partial charge in [-0.15, -0.1) is 0 Å². The van der Waals surface area contributed by atoms with Gasteiger partial charge in [0, 0.05) is 50.6 Å². The zero-order valence-electron chi connectivity index (χ0n) is 14.7. The van der Waals surface area contributed by atoms with Crippen molar-refractivity contribution in [1.82, 2.24) is 24.8 Å². The monoisotopic (exact) mass is 354 g/mol. The number of benzene rings is 1. The standard InChI is InChI=1S/C18H22N6O2/c1-23-16-3-2-13(17(25)20-5-4-14-11-19-12-21-14)10-15(16)22-18(23)24-6-8-26-9-7-24/h2-3,10-12H,4-9H2,1H3,(H,19,21)(H,20,25). The number of H-pyrrole nitrogens is 1. The highest BCUT2D eigenvalue weighted by atomic mass is 16.5. The fraction of sp³-hybridized carbons (Fsp3) is 0.389. The van der Waals surface area contributed by atoms with Crippen LogP contribution in [-0.2, 0) is 18.2 Å². The van der Waals surface area contributed by atoms with Crippen LogP contribution in [0.25, 0.3) is 11.0 Å². The van der Waals surface area contributed by atoms with Crippen LogP contribution in [0, 0.1) is 0 Å². The van der Waals surface area contributed by atoms with Crippen molar-refractivity contribution in [2.75, 3.05) is 37.7 Å². The van der Waals surface area contributed by atoms with E-state index in [-0.39, 0.29) is 5.91 Å². The Morgan fingerprint density at radius 1 is 1.35 bits per heavy atom. The largest absolute Gasteiger partial charge is 0.378 e. The van der Waals surface area contributed by atoms with E-state index in [4.69, 9.17) is 9.72 Å². The number of nitrogens with one attached hydrogen (secondary N) is 2. The highest BCUT2D eigenvalue weighted by Crippen LogP contribution is 2.23. The summed E-state index contributed by atoms with van der Waals surface area (Å²) >= 11 is 0. The van der Waals surface area contributed by atoms with Crippen LogP contribution in [0.4, 0.5) is 5.95 Å². The molecule has 4 rings (SSSR count). The van der Waals surface area contributed by atoms with E-state index in [1.54, 1.807) is 12.5 Å². The van der Waals surface area contributed by atoms with Crippen LogP contribution >= 0.6 is 0 Å². The van der Waals surface area contributed by atoms with E-state index in [1.165, 1.54) is 0 Å². The molecule has 3 heterocycles. The number of hydrogen-bond acceptors (Lipinski definition) is 5. The van der Waals surface area contributed by atoms with Crippen molar-refractivity contribution in [3.63, 3.8) is 0 Å². The zero-order chi connectivity index (χ0) is 17.9. The minimum Gasteiger partial charge on any atom is -0.378 e.